The molecule has 0 spiro atoms. The van der Waals surface area contributed by atoms with Crippen molar-refractivity contribution in [3.05, 3.63) is 35.9 Å². The van der Waals surface area contributed by atoms with Gasteiger partial charge in [0.15, 0.2) is 0 Å². The van der Waals surface area contributed by atoms with Gasteiger partial charge in [-0.1, -0.05) is 30.3 Å². The van der Waals surface area contributed by atoms with Crippen molar-refractivity contribution in [2.24, 2.45) is 0 Å². The maximum atomic E-state index is 12.4. The fourth-order valence-corrected chi connectivity index (χ4v) is 4.29. The van der Waals surface area contributed by atoms with Crippen LogP contribution in [0.3, 0.4) is 0 Å². The van der Waals surface area contributed by atoms with Crippen molar-refractivity contribution in [1.29, 1.82) is 0 Å². The molecular formula is C18H25N3O. The van der Waals surface area contributed by atoms with Gasteiger partial charge < -0.3 is 15.1 Å². The number of piperidine rings is 1. The summed E-state index contributed by atoms with van der Waals surface area (Å²) in [5, 5.41) is 3.14. The highest BCUT2D eigenvalue weighted by Crippen LogP contribution is 2.45. The van der Waals surface area contributed by atoms with Gasteiger partial charge in [0.1, 0.15) is 0 Å². The van der Waals surface area contributed by atoms with E-state index in [1.165, 1.54) is 12.0 Å². The van der Waals surface area contributed by atoms with Gasteiger partial charge in [-0.3, -0.25) is 0 Å². The minimum Gasteiger partial charge on any atom is -0.335 e. The molecule has 4 rings (SSSR count). The minimum atomic E-state index is 0.143. The van der Waals surface area contributed by atoms with Crippen molar-refractivity contribution in [2.45, 2.75) is 43.2 Å². The van der Waals surface area contributed by atoms with Gasteiger partial charge in [-0.25, -0.2) is 4.79 Å². The summed E-state index contributed by atoms with van der Waals surface area (Å²) in [6.45, 7) is 2.85. The molecule has 2 saturated heterocycles. The Labute approximate surface area is 132 Å². The summed E-state index contributed by atoms with van der Waals surface area (Å²) in [4.78, 5) is 16.9. The third-order valence-corrected chi connectivity index (χ3v) is 5.84. The van der Waals surface area contributed by atoms with Gasteiger partial charge in [0.05, 0.1) is 0 Å². The Bertz CT molecular complexity index is 557. The predicted molar refractivity (Wildman–Crippen MR) is 86.9 cm³/mol. The molecule has 2 heterocycles. The molecule has 1 aliphatic carbocycles. The first-order chi connectivity index (χ1) is 10.7. The van der Waals surface area contributed by atoms with Crippen molar-refractivity contribution in [3.63, 3.8) is 0 Å². The molecule has 1 N–H and O–H groups in total. The standard InChI is InChI=1S/C18H25N3O/c1-20-11-9-18(14-5-3-2-4-6-14)10-12-21(13-16(18)20)17(22)19-15-7-8-15/h2-6,15-16H,7-13H2,1H3,(H,19,22). The maximum Gasteiger partial charge on any atom is 0.317 e. The lowest BCUT2D eigenvalue weighted by atomic mass is 9.69. The molecule has 2 unspecified atom stereocenters. The number of benzene rings is 1. The van der Waals surface area contributed by atoms with E-state index in [0.717, 1.165) is 38.9 Å². The number of hydrogen-bond acceptors (Lipinski definition) is 2. The van der Waals surface area contributed by atoms with E-state index in [1.807, 2.05) is 4.90 Å². The summed E-state index contributed by atoms with van der Waals surface area (Å²) in [5.74, 6) is 0. The van der Waals surface area contributed by atoms with Crippen molar-refractivity contribution in [3.8, 4) is 0 Å². The average molecular weight is 299 g/mol. The molecule has 3 fully saturated rings. The Morgan fingerprint density at radius 1 is 1.18 bits per heavy atom. The van der Waals surface area contributed by atoms with Gasteiger partial charge >= 0.3 is 6.03 Å². The van der Waals surface area contributed by atoms with Crippen LogP contribution < -0.4 is 5.32 Å². The van der Waals surface area contributed by atoms with Crippen molar-refractivity contribution in [2.75, 3.05) is 26.7 Å². The smallest absolute Gasteiger partial charge is 0.317 e. The maximum absolute atomic E-state index is 12.4. The molecule has 0 bridgehead atoms. The number of carbonyl (C=O) groups excluding carboxylic acids is 1. The number of nitrogens with one attached hydrogen (secondary N) is 1. The highest BCUT2D eigenvalue weighted by atomic mass is 16.2. The Balaban J connectivity index is 1.56. The molecule has 2 aliphatic heterocycles. The number of rotatable bonds is 2. The largest absolute Gasteiger partial charge is 0.335 e. The van der Waals surface area contributed by atoms with Gasteiger partial charge in [-0.05, 0) is 44.8 Å². The Morgan fingerprint density at radius 3 is 2.64 bits per heavy atom. The molecule has 2 atom stereocenters. The Kier molecular flexibility index (Phi) is 3.37. The number of likely N-dealkylation sites (tertiary alicyclic amines) is 2. The van der Waals surface area contributed by atoms with Gasteiger partial charge in [-0.2, -0.15) is 0 Å². The van der Waals surface area contributed by atoms with E-state index in [4.69, 9.17) is 0 Å². The van der Waals surface area contributed by atoms with Gasteiger partial charge in [-0.15, -0.1) is 0 Å². The minimum absolute atomic E-state index is 0.143. The predicted octanol–water partition coefficient (Wildman–Crippen LogP) is 2.21. The first kappa shape index (κ1) is 14.1. The summed E-state index contributed by atoms with van der Waals surface area (Å²) in [6.07, 6.45) is 4.58. The molecule has 22 heavy (non-hydrogen) atoms. The highest BCUT2D eigenvalue weighted by molar-refractivity contribution is 5.75. The number of hydrogen-bond donors (Lipinski definition) is 1. The highest BCUT2D eigenvalue weighted by Gasteiger charge is 2.50. The van der Waals surface area contributed by atoms with Gasteiger partial charge in [0, 0.05) is 30.6 Å². The van der Waals surface area contributed by atoms with E-state index in [-0.39, 0.29) is 11.4 Å². The topological polar surface area (TPSA) is 35.6 Å². The first-order valence-electron chi connectivity index (χ1n) is 8.50. The van der Waals surface area contributed by atoms with E-state index < -0.39 is 0 Å². The van der Waals surface area contributed by atoms with Crippen molar-refractivity contribution >= 4 is 6.03 Å². The fraction of sp³-hybridized carbons (Fsp3) is 0.611. The zero-order valence-corrected chi connectivity index (χ0v) is 13.3. The third-order valence-electron chi connectivity index (χ3n) is 5.84. The number of nitrogens with zero attached hydrogens (tertiary/aromatic N) is 2. The van der Waals surface area contributed by atoms with E-state index in [0.29, 0.717) is 12.1 Å². The third kappa shape index (κ3) is 2.30. The van der Waals surface area contributed by atoms with E-state index >= 15 is 0 Å². The zero-order chi connectivity index (χ0) is 15.2. The molecule has 1 saturated carbocycles. The lowest BCUT2D eigenvalue weighted by molar-refractivity contribution is 0.110. The second kappa shape index (κ2) is 5.27. The summed E-state index contributed by atoms with van der Waals surface area (Å²) < 4.78 is 0. The summed E-state index contributed by atoms with van der Waals surface area (Å²) >= 11 is 0. The van der Waals surface area contributed by atoms with Crippen molar-refractivity contribution in [1.82, 2.24) is 15.1 Å². The Hall–Kier alpha value is -1.55. The Morgan fingerprint density at radius 2 is 1.91 bits per heavy atom. The van der Waals surface area contributed by atoms with E-state index in [1.54, 1.807) is 0 Å². The van der Waals surface area contributed by atoms with Crippen molar-refractivity contribution < 1.29 is 4.79 Å². The average Bonchev–Trinajstić information content (AvgIpc) is 3.30. The molecule has 4 nitrogen and oxygen atoms in total. The first-order valence-corrected chi connectivity index (χ1v) is 8.50. The van der Waals surface area contributed by atoms with Gasteiger partial charge in [0.25, 0.3) is 0 Å². The quantitative estimate of drug-likeness (QED) is 0.909. The van der Waals surface area contributed by atoms with Crippen LogP contribution in [0.15, 0.2) is 30.3 Å². The molecule has 3 aliphatic rings. The summed E-state index contributed by atoms with van der Waals surface area (Å²) in [7, 11) is 2.21. The lowest BCUT2D eigenvalue weighted by Gasteiger charge is -2.46. The summed E-state index contributed by atoms with van der Waals surface area (Å²) in [5.41, 5.74) is 1.68. The van der Waals surface area contributed by atoms with Crippen LogP contribution in [0.5, 0.6) is 0 Å². The molecular weight excluding hydrogens is 274 g/mol. The SMILES string of the molecule is CN1CCC2(c3ccccc3)CCN(C(=O)NC3CC3)CC12. The lowest BCUT2D eigenvalue weighted by Crippen LogP contribution is -2.58. The zero-order valence-electron chi connectivity index (χ0n) is 13.3. The van der Waals surface area contributed by atoms with Gasteiger partial charge in [0.2, 0.25) is 0 Å². The number of fused-ring (bicyclic) bond motifs is 1. The van der Waals surface area contributed by atoms with E-state index in [2.05, 4.69) is 47.6 Å². The van der Waals surface area contributed by atoms with Crippen LogP contribution >= 0.6 is 0 Å². The van der Waals surface area contributed by atoms with Crippen LogP contribution in [-0.4, -0.2) is 54.6 Å². The van der Waals surface area contributed by atoms with Crippen LogP contribution in [0.1, 0.15) is 31.2 Å². The summed E-state index contributed by atoms with van der Waals surface area (Å²) in [6, 6.07) is 11.9. The van der Waals surface area contributed by atoms with Crippen LogP contribution in [0.4, 0.5) is 4.79 Å². The number of carbonyl (C=O) groups is 1. The van der Waals surface area contributed by atoms with Crippen LogP contribution in [0.2, 0.25) is 0 Å². The number of likely N-dealkylation sites (N-methyl/N-ethyl adjacent to an activating group) is 1. The van der Waals surface area contributed by atoms with E-state index in [9.17, 15) is 4.79 Å². The van der Waals surface area contributed by atoms with Crippen LogP contribution in [-0.2, 0) is 5.41 Å². The molecule has 0 radical (unpaired) electrons. The molecule has 4 heteroatoms. The number of amides is 2. The normalized spacial score (nSPS) is 31.9. The number of urea groups is 1. The molecule has 1 aromatic carbocycles. The molecule has 0 aromatic heterocycles. The van der Waals surface area contributed by atoms with Crippen LogP contribution in [0.25, 0.3) is 0 Å². The fourth-order valence-electron chi connectivity index (χ4n) is 4.29. The monoisotopic (exact) mass is 299 g/mol. The molecule has 118 valence electrons. The molecule has 1 aromatic rings. The second-order valence-electron chi connectivity index (χ2n) is 7.19. The van der Waals surface area contributed by atoms with Crippen LogP contribution in [0, 0.1) is 0 Å². The molecule has 2 amide bonds. The second-order valence-corrected chi connectivity index (χ2v) is 7.19.